The van der Waals surface area contributed by atoms with Crippen LogP contribution < -0.4 is 16.0 Å². The number of primary amides is 1. The van der Waals surface area contributed by atoms with E-state index in [-0.39, 0.29) is 29.9 Å². The zero-order valence-electron chi connectivity index (χ0n) is 16.8. The van der Waals surface area contributed by atoms with Crippen molar-refractivity contribution in [2.45, 2.75) is 45.1 Å². The molecule has 2 saturated heterocycles. The van der Waals surface area contributed by atoms with Gasteiger partial charge in [-0.2, -0.15) is 0 Å². The Kier molecular flexibility index (Phi) is 9.27. The first-order chi connectivity index (χ1) is 13.2. The number of amides is 1. The van der Waals surface area contributed by atoms with Crippen molar-refractivity contribution in [1.29, 1.82) is 0 Å². The van der Waals surface area contributed by atoms with Crippen molar-refractivity contribution >= 4 is 41.7 Å². The topological polar surface area (TPSA) is 86.8 Å². The first-order valence-electron chi connectivity index (χ1n) is 10.1. The lowest BCUT2D eigenvalue weighted by molar-refractivity contribution is -0.119. The number of likely N-dealkylation sites (tertiary alicyclic amines) is 1. The molecule has 1 aromatic rings. The number of nitrogens with one attached hydrogen (secondary N) is 1. The molecule has 1 aromatic heterocycles. The van der Waals surface area contributed by atoms with E-state index in [4.69, 9.17) is 5.73 Å². The standard InChI is InChI=1S/C20H32N6O.HI/c1-22-20(26-11-5-6-17(15-26)12-18(21)27)24-14-16-7-8-23-19(13-16)25-9-3-2-4-10-25;/h7-8,13,17H,2-6,9-12,14-15H2,1H3,(H2,21,27)(H,22,24);1H. The van der Waals surface area contributed by atoms with Crippen molar-refractivity contribution in [2.75, 3.05) is 38.1 Å². The highest BCUT2D eigenvalue weighted by molar-refractivity contribution is 14.0. The Hall–Kier alpha value is -1.58. The van der Waals surface area contributed by atoms with E-state index in [1.54, 1.807) is 0 Å². The highest BCUT2D eigenvalue weighted by atomic mass is 127. The zero-order valence-corrected chi connectivity index (χ0v) is 19.1. The number of aromatic nitrogens is 1. The van der Waals surface area contributed by atoms with Crippen LogP contribution in [0.1, 0.15) is 44.1 Å². The van der Waals surface area contributed by atoms with Crippen LogP contribution >= 0.6 is 24.0 Å². The van der Waals surface area contributed by atoms with Gasteiger partial charge in [0.05, 0.1) is 0 Å². The molecule has 1 amide bonds. The molecule has 0 bridgehead atoms. The van der Waals surface area contributed by atoms with Gasteiger partial charge in [-0.3, -0.25) is 9.79 Å². The van der Waals surface area contributed by atoms with Crippen LogP contribution in [0.2, 0.25) is 0 Å². The number of rotatable bonds is 5. The van der Waals surface area contributed by atoms with E-state index in [1.807, 2.05) is 13.2 Å². The van der Waals surface area contributed by atoms with Crippen molar-refractivity contribution in [3.63, 3.8) is 0 Å². The van der Waals surface area contributed by atoms with E-state index in [9.17, 15) is 4.79 Å². The van der Waals surface area contributed by atoms with Gasteiger partial charge in [-0.25, -0.2) is 4.98 Å². The number of hydrogen-bond donors (Lipinski definition) is 2. The van der Waals surface area contributed by atoms with E-state index < -0.39 is 0 Å². The number of pyridine rings is 1. The summed E-state index contributed by atoms with van der Waals surface area (Å²) >= 11 is 0. The lowest BCUT2D eigenvalue weighted by atomic mass is 9.95. The molecule has 1 unspecified atom stereocenters. The first-order valence-corrected chi connectivity index (χ1v) is 10.1. The molecule has 0 aliphatic carbocycles. The second-order valence-electron chi connectivity index (χ2n) is 7.60. The second-order valence-corrected chi connectivity index (χ2v) is 7.60. The molecule has 2 aliphatic heterocycles. The van der Waals surface area contributed by atoms with Gasteiger partial charge in [0.25, 0.3) is 0 Å². The summed E-state index contributed by atoms with van der Waals surface area (Å²) in [6.07, 6.45) is 8.29. The first kappa shape index (κ1) is 22.7. The van der Waals surface area contributed by atoms with Gasteiger partial charge in [-0.05, 0) is 55.7 Å². The zero-order chi connectivity index (χ0) is 19.1. The molecule has 8 heteroatoms. The Morgan fingerprint density at radius 3 is 2.79 bits per heavy atom. The van der Waals surface area contributed by atoms with E-state index in [1.165, 1.54) is 24.8 Å². The van der Waals surface area contributed by atoms with Crippen molar-refractivity contribution in [1.82, 2.24) is 15.2 Å². The average molecular weight is 500 g/mol. The lowest BCUT2D eigenvalue weighted by Gasteiger charge is -2.34. The van der Waals surface area contributed by atoms with Crippen LogP contribution in [-0.4, -0.2) is 55.0 Å². The molecule has 3 heterocycles. The number of halogens is 1. The molecule has 156 valence electrons. The van der Waals surface area contributed by atoms with Crippen molar-refractivity contribution < 1.29 is 4.79 Å². The maximum Gasteiger partial charge on any atom is 0.217 e. The van der Waals surface area contributed by atoms with Crippen LogP contribution in [0.3, 0.4) is 0 Å². The number of carbonyl (C=O) groups is 1. The highest BCUT2D eigenvalue weighted by Crippen LogP contribution is 2.20. The Balaban J connectivity index is 0.00000280. The number of nitrogens with two attached hydrogens (primary N) is 1. The molecule has 28 heavy (non-hydrogen) atoms. The molecule has 1 atom stereocenters. The number of guanidine groups is 1. The minimum absolute atomic E-state index is 0. The van der Waals surface area contributed by atoms with Crippen LogP contribution in [0.5, 0.6) is 0 Å². The molecule has 0 spiro atoms. The maximum atomic E-state index is 11.2. The summed E-state index contributed by atoms with van der Waals surface area (Å²) in [5.74, 6) is 2.07. The third-order valence-corrected chi connectivity index (χ3v) is 5.46. The molecule has 7 nitrogen and oxygen atoms in total. The molecule has 0 radical (unpaired) electrons. The van der Waals surface area contributed by atoms with Gasteiger partial charge >= 0.3 is 0 Å². The summed E-state index contributed by atoms with van der Waals surface area (Å²) in [6.45, 7) is 4.70. The van der Waals surface area contributed by atoms with E-state index in [0.29, 0.717) is 18.9 Å². The Labute approximate surface area is 185 Å². The molecule has 3 rings (SSSR count). The van der Waals surface area contributed by atoms with Crippen molar-refractivity contribution in [3.8, 4) is 0 Å². The molecule has 0 aromatic carbocycles. The lowest BCUT2D eigenvalue weighted by Crippen LogP contribution is -2.46. The third-order valence-electron chi connectivity index (χ3n) is 5.46. The van der Waals surface area contributed by atoms with Crippen molar-refractivity contribution in [3.05, 3.63) is 23.9 Å². The number of hydrogen-bond acceptors (Lipinski definition) is 4. The molecule has 3 N–H and O–H groups in total. The minimum atomic E-state index is -0.216. The fourth-order valence-electron chi connectivity index (χ4n) is 4.09. The summed E-state index contributed by atoms with van der Waals surface area (Å²) in [4.78, 5) is 24.8. The third kappa shape index (κ3) is 6.49. The normalized spacial score (nSPS) is 20.5. The summed E-state index contributed by atoms with van der Waals surface area (Å²) in [7, 11) is 1.81. The Morgan fingerprint density at radius 1 is 1.29 bits per heavy atom. The predicted molar refractivity (Wildman–Crippen MR) is 124 cm³/mol. The maximum absolute atomic E-state index is 11.2. The van der Waals surface area contributed by atoms with Crippen LogP contribution in [0.4, 0.5) is 5.82 Å². The van der Waals surface area contributed by atoms with Gasteiger partial charge in [-0.1, -0.05) is 0 Å². The number of nitrogens with zero attached hydrogens (tertiary/aromatic N) is 4. The molecular formula is C20H33IN6O. The van der Waals surface area contributed by atoms with Crippen LogP contribution in [-0.2, 0) is 11.3 Å². The molecule has 0 saturated carbocycles. The smallest absolute Gasteiger partial charge is 0.217 e. The summed E-state index contributed by atoms with van der Waals surface area (Å²) < 4.78 is 0. The van der Waals surface area contributed by atoms with Crippen LogP contribution in [0.15, 0.2) is 23.3 Å². The molecule has 2 fully saturated rings. The number of piperidine rings is 2. The van der Waals surface area contributed by atoms with E-state index in [2.05, 4.69) is 37.2 Å². The molecule has 2 aliphatic rings. The second kappa shape index (κ2) is 11.4. The van der Waals surface area contributed by atoms with E-state index >= 15 is 0 Å². The van der Waals surface area contributed by atoms with Gasteiger partial charge in [0.15, 0.2) is 5.96 Å². The van der Waals surface area contributed by atoms with Crippen LogP contribution in [0, 0.1) is 5.92 Å². The summed E-state index contributed by atoms with van der Waals surface area (Å²) in [5, 5.41) is 3.47. The quantitative estimate of drug-likeness (QED) is 0.368. The number of aliphatic imine (C=N–C) groups is 1. The van der Waals surface area contributed by atoms with Gasteiger partial charge in [0.2, 0.25) is 5.91 Å². The predicted octanol–water partition coefficient (Wildman–Crippen LogP) is 2.35. The summed E-state index contributed by atoms with van der Waals surface area (Å²) in [6, 6.07) is 4.23. The highest BCUT2D eigenvalue weighted by Gasteiger charge is 2.23. The largest absolute Gasteiger partial charge is 0.370 e. The molecular weight excluding hydrogens is 467 g/mol. The van der Waals surface area contributed by atoms with Gasteiger partial charge in [-0.15, -0.1) is 24.0 Å². The fourth-order valence-corrected chi connectivity index (χ4v) is 4.09. The van der Waals surface area contributed by atoms with Gasteiger partial charge in [0.1, 0.15) is 5.82 Å². The summed E-state index contributed by atoms with van der Waals surface area (Å²) in [5.41, 5.74) is 6.58. The monoisotopic (exact) mass is 500 g/mol. The Morgan fingerprint density at radius 2 is 2.07 bits per heavy atom. The number of anilines is 1. The minimum Gasteiger partial charge on any atom is -0.370 e. The van der Waals surface area contributed by atoms with Crippen molar-refractivity contribution in [2.24, 2.45) is 16.6 Å². The SMILES string of the molecule is CN=C(NCc1ccnc(N2CCCCC2)c1)N1CCCC(CC(N)=O)C1.I. The number of carbonyl (C=O) groups excluding carboxylic acids is 1. The van der Waals surface area contributed by atoms with Gasteiger partial charge < -0.3 is 20.9 Å². The van der Waals surface area contributed by atoms with E-state index in [0.717, 1.165) is 50.8 Å². The van der Waals surface area contributed by atoms with Crippen LogP contribution in [0.25, 0.3) is 0 Å². The average Bonchev–Trinajstić information content (AvgIpc) is 2.69. The Bertz CT molecular complexity index is 662. The fraction of sp³-hybridized carbons (Fsp3) is 0.650. The van der Waals surface area contributed by atoms with Gasteiger partial charge in [0, 0.05) is 52.4 Å².